The van der Waals surface area contributed by atoms with E-state index in [1.807, 2.05) is 31.4 Å². The van der Waals surface area contributed by atoms with Gasteiger partial charge in [-0.15, -0.1) is 0 Å². The van der Waals surface area contributed by atoms with Crippen molar-refractivity contribution >= 4 is 22.6 Å². The van der Waals surface area contributed by atoms with Crippen LogP contribution in [0.25, 0.3) is 10.9 Å². The molecule has 1 aliphatic heterocycles. The number of nitrogens with one attached hydrogen (secondary N) is 1. The fourth-order valence-corrected chi connectivity index (χ4v) is 2.42. The van der Waals surface area contributed by atoms with Gasteiger partial charge in [-0.05, 0) is 6.07 Å². The van der Waals surface area contributed by atoms with Gasteiger partial charge in [0.15, 0.2) is 5.84 Å². The number of H-pyrrole nitrogens is 1. The summed E-state index contributed by atoms with van der Waals surface area (Å²) in [5.41, 5.74) is 2.03. The summed E-state index contributed by atoms with van der Waals surface area (Å²) in [7, 11) is 3.75. The van der Waals surface area contributed by atoms with Crippen LogP contribution >= 0.6 is 0 Å². The van der Waals surface area contributed by atoms with Crippen LogP contribution in [0.1, 0.15) is 12.0 Å². The number of nitrogens with zero attached hydrogens (tertiary/aromatic N) is 4. The molecule has 0 atom stereocenters. The average molecular weight is 285 g/mol. The van der Waals surface area contributed by atoms with Crippen molar-refractivity contribution in [1.29, 1.82) is 0 Å². The number of hydrogen-bond acceptors (Lipinski definition) is 5. The van der Waals surface area contributed by atoms with Gasteiger partial charge in [-0.1, -0.05) is 12.1 Å². The Labute approximate surface area is 123 Å². The quantitative estimate of drug-likeness (QED) is 0.929. The van der Waals surface area contributed by atoms with E-state index in [9.17, 15) is 0 Å². The Morgan fingerprint density at radius 2 is 2.29 bits per heavy atom. The number of benzene rings is 1. The summed E-state index contributed by atoms with van der Waals surface area (Å²) in [6, 6.07) is 6.04. The first-order chi connectivity index (χ1) is 10.3. The Morgan fingerprint density at radius 1 is 1.38 bits per heavy atom. The van der Waals surface area contributed by atoms with Gasteiger partial charge >= 0.3 is 0 Å². The van der Waals surface area contributed by atoms with Crippen molar-refractivity contribution in [2.45, 2.75) is 6.42 Å². The molecule has 6 nitrogen and oxygen atoms in total. The number of aliphatic imine (C=N–C) groups is 2. The number of aromatic nitrogens is 2. The number of amidine groups is 2. The first-order valence-corrected chi connectivity index (χ1v) is 7.04. The van der Waals surface area contributed by atoms with Gasteiger partial charge in [0.1, 0.15) is 5.84 Å². The highest BCUT2D eigenvalue weighted by Crippen LogP contribution is 2.19. The Kier molecular flexibility index (Phi) is 3.96. The second-order valence-electron chi connectivity index (χ2n) is 5.03. The molecule has 0 aliphatic carbocycles. The van der Waals surface area contributed by atoms with Gasteiger partial charge in [0.2, 0.25) is 0 Å². The molecule has 0 saturated carbocycles. The van der Waals surface area contributed by atoms with Crippen molar-refractivity contribution in [2.24, 2.45) is 9.98 Å². The molecule has 1 N–H and O–H groups in total. The number of methoxy groups -OCH3 is 1. The van der Waals surface area contributed by atoms with E-state index in [2.05, 4.69) is 20.1 Å². The monoisotopic (exact) mass is 285 g/mol. The predicted molar refractivity (Wildman–Crippen MR) is 84.1 cm³/mol. The van der Waals surface area contributed by atoms with Gasteiger partial charge in [-0.3, -0.25) is 10.1 Å². The number of rotatable bonds is 4. The third-order valence-electron chi connectivity index (χ3n) is 3.63. The summed E-state index contributed by atoms with van der Waals surface area (Å²) in [5, 5.41) is 8.13. The molecule has 21 heavy (non-hydrogen) atoms. The van der Waals surface area contributed by atoms with E-state index in [1.54, 1.807) is 7.11 Å². The molecule has 0 saturated heterocycles. The second-order valence-corrected chi connectivity index (χ2v) is 5.03. The molecule has 110 valence electrons. The van der Waals surface area contributed by atoms with Crippen molar-refractivity contribution in [3.05, 3.63) is 30.0 Å². The van der Waals surface area contributed by atoms with E-state index in [4.69, 9.17) is 9.73 Å². The number of aromatic amines is 1. The van der Waals surface area contributed by atoms with Crippen LogP contribution in [0.3, 0.4) is 0 Å². The van der Waals surface area contributed by atoms with Crippen molar-refractivity contribution in [2.75, 3.05) is 33.9 Å². The first kappa shape index (κ1) is 13.8. The third-order valence-corrected chi connectivity index (χ3v) is 3.63. The Balaban J connectivity index is 1.90. The van der Waals surface area contributed by atoms with E-state index in [-0.39, 0.29) is 0 Å². The van der Waals surface area contributed by atoms with E-state index < -0.39 is 0 Å². The molecule has 0 radical (unpaired) electrons. The molecule has 0 fully saturated rings. The maximum atomic E-state index is 5.12. The van der Waals surface area contributed by atoms with E-state index >= 15 is 0 Å². The number of fused-ring (bicyclic) bond motifs is 1. The van der Waals surface area contributed by atoms with Crippen LogP contribution in [0, 0.1) is 0 Å². The van der Waals surface area contributed by atoms with Crippen LogP contribution in [0.5, 0.6) is 0 Å². The smallest absolute Gasteiger partial charge is 0.157 e. The Bertz CT molecular complexity index is 688. The van der Waals surface area contributed by atoms with E-state index in [1.165, 1.54) is 0 Å². The van der Waals surface area contributed by atoms with Crippen LogP contribution in [-0.4, -0.2) is 60.6 Å². The van der Waals surface area contributed by atoms with E-state index in [0.717, 1.165) is 47.6 Å². The minimum absolute atomic E-state index is 0.694. The molecular formula is C15H19N5O. The Hall–Kier alpha value is -2.21. The van der Waals surface area contributed by atoms with Crippen LogP contribution in [0.2, 0.25) is 0 Å². The fraction of sp³-hybridized carbons (Fsp3) is 0.400. The lowest BCUT2D eigenvalue weighted by molar-refractivity contribution is 0.182. The van der Waals surface area contributed by atoms with Gasteiger partial charge in [-0.2, -0.15) is 5.10 Å². The topological polar surface area (TPSA) is 65.9 Å². The number of likely N-dealkylation sites (N-methyl/N-ethyl adjacent to an activating group) is 1. The molecule has 1 aliphatic rings. The molecule has 0 bridgehead atoms. The average Bonchev–Trinajstić information content (AvgIpc) is 3.01. The summed E-state index contributed by atoms with van der Waals surface area (Å²) in [4.78, 5) is 11.4. The molecule has 2 aromatic rings. The zero-order valence-electron chi connectivity index (χ0n) is 12.3. The number of ether oxygens (including phenoxy) is 1. The number of hydrogen-bond donors (Lipinski definition) is 1. The van der Waals surface area contributed by atoms with Gasteiger partial charge < -0.3 is 9.64 Å². The summed E-state index contributed by atoms with van der Waals surface area (Å²) in [6.45, 7) is 2.29. The summed E-state index contributed by atoms with van der Waals surface area (Å²) in [6.07, 6.45) is 2.69. The normalized spacial score (nSPS) is 15.0. The highest BCUT2D eigenvalue weighted by Gasteiger charge is 2.16. The molecule has 1 aromatic carbocycles. The molecule has 2 heterocycles. The summed E-state index contributed by atoms with van der Waals surface area (Å²) in [5.74, 6) is 1.84. The minimum atomic E-state index is 0.694. The van der Waals surface area contributed by atoms with Crippen LogP contribution in [0.15, 0.2) is 34.4 Å². The highest BCUT2D eigenvalue weighted by atomic mass is 16.5. The Morgan fingerprint density at radius 3 is 3.14 bits per heavy atom. The maximum Gasteiger partial charge on any atom is 0.157 e. The van der Waals surface area contributed by atoms with Gasteiger partial charge in [0, 0.05) is 44.6 Å². The summed E-state index contributed by atoms with van der Waals surface area (Å²) >= 11 is 0. The van der Waals surface area contributed by atoms with Crippen molar-refractivity contribution in [1.82, 2.24) is 15.1 Å². The standard InChI is InChI=1S/C15H19N5O/c1-20(8-9-21-2)14-6-7-16-15(18-14)11-4-3-5-13-12(11)10-17-19-13/h3-5,10H,6-9H2,1-2H3,(H,17,19). The van der Waals surface area contributed by atoms with Crippen molar-refractivity contribution in [3.8, 4) is 0 Å². The molecule has 0 spiro atoms. The first-order valence-electron chi connectivity index (χ1n) is 7.04. The largest absolute Gasteiger partial charge is 0.383 e. The SMILES string of the molecule is COCCN(C)C1=NC(c2cccc3[nH]ncc23)=NCC1. The van der Waals surface area contributed by atoms with Crippen LogP contribution in [0.4, 0.5) is 0 Å². The second kappa shape index (κ2) is 6.05. The lowest BCUT2D eigenvalue weighted by Crippen LogP contribution is -2.33. The minimum Gasteiger partial charge on any atom is -0.383 e. The zero-order chi connectivity index (χ0) is 14.7. The van der Waals surface area contributed by atoms with E-state index in [0.29, 0.717) is 6.61 Å². The van der Waals surface area contributed by atoms with Crippen molar-refractivity contribution < 1.29 is 4.74 Å². The molecular weight excluding hydrogens is 266 g/mol. The van der Waals surface area contributed by atoms with Crippen LogP contribution < -0.4 is 0 Å². The molecule has 3 rings (SSSR count). The zero-order valence-corrected chi connectivity index (χ0v) is 12.3. The lowest BCUT2D eigenvalue weighted by atomic mass is 10.1. The van der Waals surface area contributed by atoms with Crippen molar-refractivity contribution in [3.63, 3.8) is 0 Å². The molecule has 6 heteroatoms. The molecule has 0 unspecified atom stereocenters. The van der Waals surface area contributed by atoms with Crippen LogP contribution in [-0.2, 0) is 4.74 Å². The highest BCUT2D eigenvalue weighted by molar-refractivity contribution is 6.14. The predicted octanol–water partition coefficient (Wildman–Crippen LogP) is 1.69. The van der Waals surface area contributed by atoms with Gasteiger partial charge in [0.25, 0.3) is 0 Å². The third kappa shape index (κ3) is 2.80. The molecule has 0 amide bonds. The summed E-state index contributed by atoms with van der Waals surface area (Å²) < 4.78 is 5.12. The van der Waals surface area contributed by atoms with Gasteiger partial charge in [0.05, 0.1) is 18.3 Å². The molecule has 1 aromatic heterocycles. The lowest BCUT2D eigenvalue weighted by Gasteiger charge is -2.23. The fourth-order valence-electron chi connectivity index (χ4n) is 2.42. The van der Waals surface area contributed by atoms with Gasteiger partial charge in [-0.25, -0.2) is 4.99 Å². The maximum absolute atomic E-state index is 5.12.